The number of aromatic nitrogens is 4. The van der Waals surface area contributed by atoms with E-state index in [1.54, 1.807) is 79.9 Å². The Bertz CT molecular complexity index is 2020. The fraction of sp³-hybridized carbons (Fsp3) is 0.0667. The molecule has 2 heterocycles. The van der Waals surface area contributed by atoms with E-state index in [9.17, 15) is 19.7 Å². The average molecular weight is 579 g/mol. The lowest BCUT2D eigenvalue weighted by molar-refractivity contribution is -0.384. The number of hydrogen-bond acceptors (Lipinski definition) is 8. The van der Waals surface area contributed by atoms with Gasteiger partial charge in [0, 0.05) is 23.4 Å². The van der Waals surface area contributed by atoms with Crippen LogP contribution in [0.25, 0.3) is 39.0 Å². The number of ether oxygens (including phenoxy) is 1. The van der Waals surface area contributed by atoms with Crippen molar-refractivity contribution in [2.45, 2.75) is 5.16 Å². The van der Waals surface area contributed by atoms with Crippen LogP contribution in [0.3, 0.4) is 0 Å². The molecular weight excluding hydrogens is 556 g/mol. The Morgan fingerprint density at radius 2 is 1.76 bits per heavy atom. The predicted molar refractivity (Wildman–Crippen MR) is 161 cm³/mol. The SMILES string of the molecule is COc1ccc(-n2c(SCC(=O)Nc3ccc(-c4nc5ccc([N+](=O)[O-])cc5[nH]4)cc3)nc3ccccc3c2=O)cc1. The number of para-hydroxylation sites is 1. The molecule has 0 aliphatic heterocycles. The molecule has 1 amide bonds. The molecule has 0 aliphatic rings. The Morgan fingerprint density at radius 3 is 2.50 bits per heavy atom. The van der Waals surface area contributed by atoms with Gasteiger partial charge in [0.05, 0.1) is 45.4 Å². The number of rotatable bonds is 8. The topological polar surface area (TPSA) is 145 Å². The number of nitro benzene ring substituents is 1. The van der Waals surface area contributed by atoms with Crippen molar-refractivity contribution >= 4 is 51.0 Å². The molecule has 0 bridgehead atoms. The lowest BCUT2D eigenvalue weighted by atomic mass is 10.2. The van der Waals surface area contributed by atoms with Gasteiger partial charge in [0.25, 0.3) is 11.2 Å². The number of benzene rings is 4. The zero-order chi connectivity index (χ0) is 29.2. The van der Waals surface area contributed by atoms with E-state index in [1.807, 2.05) is 6.07 Å². The third-order valence-electron chi connectivity index (χ3n) is 6.53. The number of fused-ring (bicyclic) bond motifs is 2. The molecular formula is C30H22N6O5S. The normalized spacial score (nSPS) is 11.1. The molecule has 0 unspecified atom stereocenters. The van der Waals surface area contributed by atoms with Gasteiger partial charge in [-0.25, -0.2) is 9.97 Å². The monoisotopic (exact) mass is 578 g/mol. The van der Waals surface area contributed by atoms with Gasteiger partial charge in [-0.1, -0.05) is 23.9 Å². The second-order valence-electron chi connectivity index (χ2n) is 9.21. The lowest BCUT2D eigenvalue weighted by Gasteiger charge is -2.13. The minimum absolute atomic E-state index is 0.0189. The smallest absolute Gasteiger partial charge is 0.271 e. The zero-order valence-corrected chi connectivity index (χ0v) is 22.9. The van der Waals surface area contributed by atoms with Crippen LogP contribution in [0.2, 0.25) is 0 Å². The summed E-state index contributed by atoms with van der Waals surface area (Å²) in [5.74, 6) is 0.958. The summed E-state index contributed by atoms with van der Waals surface area (Å²) in [6, 6.07) is 25.7. The molecule has 0 aliphatic carbocycles. The van der Waals surface area contributed by atoms with Crippen molar-refractivity contribution in [2.24, 2.45) is 0 Å². The third kappa shape index (κ3) is 5.30. The standard InChI is InChI=1S/C30H22N6O5S/c1-41-22-13-10-20(11-14-22)35-29(38)23-4-2-3-5-24(23)34-30(35)42-17-27(37)31-19-8-6-18(7-9-19)28-32-25-15-12-21(36(39)40)16-26(25)33-28/h2-16H,17H2,1H3,(H,31,37)(H,32,33). The number of nitrogens with zero attached hydrogens (tertiary/aromatic N) is 4. The molecule has 0 spiro atoms. The number of imidazole rings is 1. The molecule has 6 aromatic rings. The Morgan fingerprint density at radius 1 is 1.00 bits per heavy atom. The number of amides is 1. The predicted octanol–water partition coefficient (Wildman–Crippen LogP) is 5.58. The van der Waals surface area contributed by atoms with Gasteiger partial charge in [-0.15, -0.1) is 0 Å². The van der Waals surface area contributed by atoms with E-state index in [0.717, 1.165) is 17.3 Å². The number of hydrogen-bond donors (Lipinski definition) is 2. The second kappa shape index (κ2) is 11.2. The van der Waals surface area contributed by atoms with Crippen LogP contribution in [-0.2, 0) is 4.79 Å². The van der Waals surface area contributed by atoms with Crippen LogP contribution in [0.5, 0.6) is 5.75 Å². The summed E-state index contributed by atoms with van der Waals surface area (Å²) in [5.41, 5.74) is 3.41. The molecule has 2 aromatic heterocycles. The van der Waals surface area contributed by atoms with E-state index in [-0.39, 0.29) is 22.9 Å². The number of nitrogens with one attached hydrogen (secondary N) is 2. The van der Waals surface area contributed by atoms with Crippen molar-refractivity contribution in [1.29, 1.82) is 0 Å². The third-order valence-corrected chi connectivity index (χ3v) is 7.46. The highest BCUT2D eigenvalue weighted by Gasteiger charge is 2.16. The Balaban J connectivity index is 1.19. The maximum absolute atomic E-state index is 13.4. The fourth-order valence-corrected chi connectivity index (χ4v) is 5.27. The number of H-pyrrole nitrogens is 1. The summed E-state index contributed by atoms with van der Waals surface area (Å²) < 4.78 is 6.74. The number of carbonyl (C=O) groups is 1. The maximum Gasteiger partial charge on any atom is 0.271 e. The van der Waals surface area contributed by atoms with Gasteiger partial charge in [0.15, 0.2) is 5.16 Å². The summed E-state index contributed by atoms with van der Waals surface area (Å²) >= 11 is 1.16. The van der Waals surface area contributed by atoms with Gasteiger partial charge in [-0.2, -0.15) is 0 Å². The van der Waals surface area contributed by atoms with E-state index in [0.29, 0.717) is 50.0 Å². The van der Waals surface area contributed by atoms with Gasteiger partial charge in [0.2, 0.25) is 5.91 Å². The lowest BCUT2D eigenvalue weighted by Crippen LogP contribution is -2.23. The molecule has 12 heteroatoms. The van der Waals surface area contributed by atoms with Crippen LogP contribution in [0.4, 0.5) is 11.4 Å². The second-order valence-corrected chi connectivity index (χ2v) is 10.2. The quantitative estimate of drug-likeness (QED) is 0.103. The molecule has 42 heavy (non-hydrogen) atoms. The van der Waals surface area contributed by atoms with Crippen LogP contribution in [0.15, 0.2) is 101 Å². The van der Waals surface area contributed by atoms with Gasteiger partial charge in [-0.3, -0.25) is 24.3 Å². The van der Waals surface area contributed by atoms with Crippen LogP contribution in [0, 0.1) is 10.1 Å². The highest BCUT2D eigenvalue weighted by atomic mass is 32.2. The van der Waals surface area contributed by atoms with Crippen LogP contribution < -0.4 is 15.6 Å². The summed E-state index contributed by atoms with van der Waals surface area (Å²) in [7, 11) is 1.57. The number of aromatic amines is 1. The summed E-state index contributed by atoms with van der Waals surface area (Å²) in [5, 5.41) is 14.8. The largest absolute Gasteiger partial charge is 0.497 e. The highest BCUT2D eigenvalue weighted by Crippen LogP contribution is 2.26. The number of anilines is 1. The number of thioether (sulfide) groups is 1. The maximum atomic E-state index is 13.4. The molecule has 0 atom stereocenters. The molecule has 2 N–H and O–H groups in total. The molecule has 4 aromatic carbocycles. The van der Waals surface area contributed by atoms with Crippen molar-refractivity contribution < 1.29 is 14.5 Å². The van der Waals surface area contributed by atoms with Crippen LogP contribution >= 0.6 is 11.8 Å². The van der Waals surface area contributed by atoms with Gasteiger partial charge >= 0.3 is 0 Å². The van der Waals surface area contributed by atoms with Crippen LogP contribution in [0.1, 0.15) is 0 Å². The van der Waals surface area contributed by atoms with Crippen LogP contribution in [-0.4, -0.2) is 43.2 Å². The van der Waals surface area contributed by atoms with Crippen molar-refractivity contribution in [3.05, 3.63) is 111 Å². The first-order valence-electron chi connectivity index (χ1n) is 12.7. The minimum atomic E-state index is -0.454. The van der Waals surface area contributed by atoms with Gasteiger partial charge in [0.1, 0.15) is 11.6 Å². The number of non-ortho nitro benzene ring substituents is 1. The molecule has 6 rings (SSSR count). The summed E-state index contributed by atoms with van der Waals surface area (Å²) in [4.78, 5) is 49.2. The first-order valence-corrected chi connectivity index (χ1v) is 13.7. The molecule has 0 saturated carbocycles. The summed E-state index contributed by atoms with van der Waals surface area (Å²) in [6.07, 6.45) is 0. The van der Waals surface area contributed by atoms with Crippen molar-refractivity contribution in [2.75, 3.05) is 18.2 Å². The zero-order valence-electron chi connectivity index (χ0n) is 22.1. The Labute approximate surface area is 242 Å². The molecule has 0 fully saturated rings. The molecule has 208 valence electrons. The molecule has 11 nitrogen and oxygen atoms in total. The van der Waals surface area contributed by atoms with E-state index in [2.05, 4.69) is 20.3 Å². The molecule has 0 saturated heterocycles. The van der Waals surface area contributed by atoms with E-state index >= 15 is 0 Å². The summed E-state index contributed by atoms with van der Waals surface area (Å²) in [6.45, 7) is 0. The number of methoxy groups -OCH3 is 1. The van der Waals surface area contributed by atoms with Crippen molar-refractivity contribution in [1.82, 2.24) is 19.5 Å². The van der Waals surface area contributed by atoms with Gasteiger partial charge < -0.3 is 15.0 Å². The number of nitro groups is 1. The Hall–Kier alpha value is -5.49. The first-order chi connectivity index (χ1) is 20.4. The van der Waals surface area contributed by atoms with E-state index in [4.69, 9.17) is 4.74 Å². The highest BCUT2D eigenvalue weighted by molar-refractivity contribution is 7.99. The van der Waals surface area contributed by atoms with Gasteiger partial charge in [-0.05, 0) is 66.7 Å². The fourth-order valence-electron chi connectivity index (χ4n) is 4.45. The van der Waals surface area contributed by atoms with E-state index < -0.39 is 4.92 Å². The minimum Gasteiger partial charge on any atom is -0.497 e. The van der Waals surface area contributed by atoms with E-state index in [1.165, 1.54) is 16.7 Å². The van der Waals surface area contributed by atoms with Crippen molar-refractivity contribution in [3.63, 3.8) is 0 Å². The number of carbonyl (C=O) groups excluding carboxylic acids is 1. The Kier molecular flexibility index (Phi) is 7.11. The first kappa shape index (κ1) is 26.7. The average Bonchev–Trinajstić information content (AvgIpc) is 3.44. The molecule has 0 radical (unpaired) electrons. The van der Waals surface area contributed by atoms with Crippen molar-refractivity contribution in [3.8, 4) is 22.8 Å².